The zero-order valence-corrected chi connectivity index (χ0v) is 13.8. The molecular weight excluding hydrogens is 272 g/mol. The number of nitrogens with one attached hydrogen (secondary N) is 2. The van der Waals surface area contributed by atoms with E-state index in [1.807, 2.05) is 0 Å². The van der Waals surface area contributed by atoms with Crippen molar-refractivity contribution in [2.75, 3.05) is 19.3 Å². The van der Waals surface area contributed by atoms with E-state index < -0.39 is 10.0 Å². The maximum atomic E-state index is 12.3. The molecule has 4 fully saturated rings. The van der Waals surface area contributed by atoms with Crippen molar-refractivity contribution >= 4 is 10.0 Å². The van der Waals surface area contributed by atoms with Crippen LogP contribution >= 0.6 is 0 Å². The van der Waals surface area contributed by atoms with Crippen molar-refractivity contribution in [2.24, 2.45) is 16.7 Å². The van der Waals surface area contributed by atoms with E-state index in [1.165, 1.54) is 19.3 Å². The second kappa shape index (κ2) is 4.43. The predicted octanol–water partition coefficient (Wildman–Crippen LogP) is 1.87. The van der Waals surface area contributed by atoms with E-state index in [1.54, 1.807) is 7.05 Å². The zero-order valence-electron chi connectivity index (χ0n) is 13.0. The van der Waals surface area contributed by atoms with Crippen molar-refractivity contribution in [3.05, 3.63) is 0 Å². The Morgan fingerprint density at radius 3 is 2.15 bits per heavy atom. The van der Waals surface area contributed by atoms with E-state index in [4.69, 9.17) is 0 Å². The summed E-state index contributed by atoms with van der Waals surface area (Å²) in [5.74, 6) is 0.900. The molecule has 0 heterocycles. The molecule has 116 valence electrons. The van der Waals surface area contributed by atoms with Crippen LogP contribution in [-0.4, -0.2) is 33.3 Å². The third-order valence-electron chi connectivity index (χ3n) is 5.62. The molecule has 4 nitrogen and oxygen atoms in total. The van der Waals surface area contributed by atoms with Gasteiger partial charge in [0.15, 0.2) is 0 Å². The molecule has 0 radical (unpaired) electrons. The molecule has 2 unspecified atom stereocenters. The zero-order chi connectivity index (χ0) is 14.6. The Morgan fingerprint density at radius 2 is 1.65 bits per heavy atom. The van der Waals surface area contributed by atoms with Crippen molar-refractivity contribution in [3.8, 4) is 0 Å². The Labute approximate surface area is 123 Å². The highest BCUT2D eigenvalue weighted by atomic mass is 32.2. The maximum Gasteiger partial charge on any atom is 0.213 e. The first-order valence-electron chi connectivity index (χ1n) is 7.84. The van der Waals surface area contributed by atoms with Crippen LogP contribution in [0.3, 0.4) is 0 Å². The van der Waals surface area contributed by atoms with Gasteiger partial charge in [-0.1, -0.05) is 13.8 Å². The second-order valence-electron chi connectivity index (χ2n) is 8.43. The minimum Gasteiger partial charge on any atom is -0.319 e. The first kappa shape index (κ1) is 14.8. The summed E-state index contributed by atoms with van der Waals surface area (Å²) in [7, 11) is -1.38. The van der Waals surface area contributed by atoms with Gasteiger partial charge in [0.2, 0.25) is 10.0 Å². The highest BCUT2D eigenvalue weighted by molar-refractivity contribution is 7.89. The van der Waals surface area contributed by atoms with Gasteiger partial charge in [0.25, 0.3) is 0 Å². The van der Waals surface area contributed by atoms with Crippen LogP contribution in [-0.2, 0) is 10.0 Å². The third-order valence-corrected chi connectivity index (χ3v) is 7.10. The average molecular weight is 300 g/mol. The maximum absolute atomic E-state index is 12.3. The fourth-order valence-electron chi connectivity index (χ4n) is 6.18. The minimum absolute atomic E-state index is 0.157. The molecular formula is C15H28N2O2S. The molecule has 4 saturated carbocycles. The Bertz CT molecular complexity index is 484. The van der Waals surface area contributed by atoms with Crippen molar-refractivity contribution in [1.82, 2.24) is 10.0 Å². The van der Waals surface area contributed by atoms with E-state index in [0.717, 1.165) is 19.3 Å². The summed E-state index contributed by atoms with van der Waals surface area (Å²) in [6, 6.07) is 0. The summed E-state index contributed by atoms with van der Waals surface area (Å²) in [5.41, 5.74) is 0.537. The van der Waals surface area contributed by atoms with Crippen LogP contribution in [0.5, 0.6) is 0 Å². The lowest BCUT2D eigenvalue weighted by Gasteiger charge is -2.65. The van der Waals surface area contributed by atoms with Gasteiger partial charge in [0.1, 0.15) is 0 Å². The van der Waals surface area contributed by atoms with Gasteiger partial charge >= 0.3 is 0 Å². The Morgan fingerprint density at radius 1 is 1.05 bits per heavy atom. The molecule has 2 atom stereocenters. The van der Waals surface area contributed by atoms with Crippen molar-refractivity contribution in [1.29, 1.82) is 0 Å². The summed E-state index contributed by atoms with van der Waals surface area (Å²) >= 11 is 0. The van der Waals surface area contributed by atoms with Gasteiger partial charge in [-0.05, 0) is 62.3 Å². The largest absolute Gasteiger partial charge is 0.319 e. The third kappa shape index (κ3) is 2.64. The Hall–Kier alpha value is -0.130. The highest BCUT2D eigenvalue weighted by Gasteiger charge is 2.60. The molecule has 5 heteroatoms. The van der Waals surface area contributed by atoms with Gasteiger partial charge in [-0.3, -0.25) is 0 Å². The molecule has 0 aromatic rings. The normalized spacial score (nSPS) is 46.9. The minimum atomic E-state index is -3.17. The van der Waals surface area contributed by atoms with Crippen LogP contribution < -0.4 is 10.0 Å². The van der Waals surface area contributed by atoms with Crippen molar-refractivity contribution in [2.45, 2.75) is 57.9 Å². The smallest absolute Gasteiger partial charge is 0.213 e. The first-order valence-corrected chi connectivity index (χ1v) is 9.49. The fraction of sp³-hybridized carbons (Fsp3) is 1.00. The molecule has 0 aliphatic heterocycles. The second-order valence-corrected chi connectivity index (χ2v) is 10.3. The molecule has 2 N–H and O–H groups in total. The van der Waals surface area contributed by atoms with Crippen LogP contribution in [0.25, 0.3) is 0 Å². The summed E-state index contributed by atoms with van der Waals surface area (Å²) in [6.07, 6.45) is 6.98. The monoisotopic (exact) mass is 300 g/mol. The molecule has 0 aromatic carbocycles. The van der Waals surface area contributed by atoms with Crippen LogP contribution in [0, 0.1) is 16.7 Å². The molecule has 20 heavy (non-hydrogen) atoms. The number of hydrogen-bond acceptors (Lipinski definition) is 3. The molecule has 0 amide bonds. The SMILES string of the molecule is CNCCS(=O)(=O)NC12CC3CC(C)(CC(C)(C3)C1)C2. The lowest BCUT2D eigenvalue weighted by atomic mass is 9.43. The summed E-state index contributed by atoms with van der Waals surface area (Å²) in [4.78, 5) is 0. The molecule has 4 aliphatic rings. The quantitative estimate of drug-likeness (QED) is 0.815. The summed E-state index contributed by atoms with van der Waals surface area (Å²) < 4.78 is 27.8. The molecule has 4 bridgehead atoms. The van der Waals surface area contributed by atoms with Crippen molar-refractivity contribution < 1.29 is 8.42 Å². The van der Waals surface area contributed by atoms with E-state index in [-0.39, 0.29) is 11.3 Å². The molecule has 0 spiro atoms. The summed E-state index contributed by atoms with van der Waals surface area (Å²) in [5, 5.41) is 2.93. The topological polar surface area (TPSA) is 58.2 Å². The number of rotatable bonds is 5. The van der Waals surface area contributed by atoms with Crippen molar-refractivity contribution in [3.63, 3.8) is 0 Å². The van der Waals surface area contributed by atoms with Crippen LogP contribution in [0.4, 0.5) is 0 Å². The van der Waals surface area contributed by atoms with E-state index in [9.17, 15) is 8.42 Å². The number of sulfonamides is 1. The average Bonchev–Trinajstić information content (AvgIpc) is 2.19. The molecule has 0 saturated heterocycles. The Balaban J connectivity index is 1.82. The lowest BCUT2D eigenvalue weighted by molar-refractivity contribution is -0.110. The lowest BCUT2D eigenvalue weighted by Crippen LogP contribution is -2.65. The Kier molecular flexibility index (Phi) is 3.28. The predicted molar refractivity (Wildman–Crippen MR) is 81.0 cm³/mol. The van der Waals surface area contributed by atoms with Gasteiger partial charge in [-0.2, -0.15) is 0 Å². The van der Waals surface area contributed by atoms with Gasteiger partial charge in [-0.25, -0.2) is 13.1 Å². The van der Waals surface area contributed by atoms with Crippen LogP contribution in [0.1, 0.15) is 52.4 Å². The first-order chi connectivity index (χ1) is 9.17. The van der Waals surface area contributed by atoms with Gasteiger partial charge < -0.3 is 5.32 Å². The molecule has 4 rings (SSSR count). The van der Waals surface area contributed by atoms with Gasteiger partial charge in [-0.15, -0.1) is 0 Å². The standard InChI is InChI=1S/C15H28N2O2S/c1-13-6-12-7-14(2,9-13)11-15(8-12,10-13)17-20(18,19)5-4-16-3/h12,16-17H,4-11H2,1-3H3. The molecule has 0 aromatic heterocycles. The number of hydrogen-bond donors (Lipinski definition) is 2. The van der Waals surface area contributed by atoms with Crippen LogP contribution in [0.15, 0.2) is 0 Å². The fourth-order valence-corrected chi connectivity index (χ4v) is 7.64. The summed E-state index contributed by atoms with van der Waals surface area (Å²) in [6.45, 7) is 5.25. The van der Waals surface area contributed by atoms with E-state index in [0.29, 0.717) is 23.3 Å². The van der Waals surface area contributed by atoms with Gasteiger partial charge in [0.05, 0.1) is 5.75 Å². The highest BCUT2D eigenvalue weighted by Crippen LogP contribution is 2.66. The van der Waals surface area contributed by atoms with Gasteiger partial charge in [0, 0.05) is 12.1 Å². The molecule has 4 aliphatic carbocycles. The van der Waals surface area contributed by atoms with E-state index in [2.05, 4.69) is 23.9 Å². The van der Waals surface area contributed by atoms with E-state index >= 15 is 0 Å². The van der Waals surface area contributed by atoms with Crippen LogP contribution in [0.2, 0.25) is 0 Å².